The molecule has 142 valence electrons. The highest BCUT2D eigenvalue weighted by molar-refractivity contribution is 5.76. The van der Waals surface area contributed by atoms with Crippen molar-refractivity contribution in [2.45, 2.75) is 59.3 Å². The molecule has 3 rings (SSSR count). The van der Waals surface area contributed by atoms with E-state index in [0.717, 1.165) is 22.2 Å². The number of fused-ring (bicyclic) bond motifs is 1. The van der Waals surface area contributed by atoms with Crippen molar-refractivity contribution in [3.63, 3.8) is 0 Å². The molecule has 0 saturated carbocycles. The van der Waals surface area contributed by atoms with Gasteiger partial charge < -0.3 is 4.74 Å². The molecule has 0 aliphatic rings. The number of ether oxygens (including phenoxy) is 1. The van der Waals surface area contributed by atoms with Crippen LogP contribution in [0.3, 0.4) is 0 Å². The summed E-state index contributed by atoms with van der Waals surface area (Å²) in [5.74, 6) is 0.471. The quantitative estimate of drug-likeness (QED) is 0.473. The second kappa shape index (κ2) is 7.14. The average molecular weight is 365 g/mol. The van der Waals surface area contributed by atoms with Crippen molar-refractivity contribution in [2.24, 2.45) is 0 Å². The predicted octanol–water partition coefficient (Wildman–Crippen LogP) is 5.16. The molecule has 3 aromatic rings. The van der Waals surface area contributed by atoms with Crippen LogP contribution in [0, 0.1) is 0 Å². The number of hydrogen-bond acceptors (Lipinski definition) is 4. The van der Waals surface area contributed by atoms with E-state index in [4.69, 9.17) is 4.74 Å². The van der Waals surface area contributed by atoms with E-state index in [1.165, 1.54) is 0 Å². The third-order valence-electron chi connectivity index (χ3n) is 4.59. The highest BCUT2D eigenvalue weighted by Gasteiger charge is 2.24. The van der Waals surface area contributed by atoms with Gasteiger partial charge in [0, 0.05) is 12.0 Å². The maximum Gasteiger partial charge on any atom is 0.310 e. The Morgan fingerprint density at radius 2 is 1.70 bits per heavy atom. The Morgan fingerprint density at radius 3 is 2.19 bits per heavy atom. The number of carbonyl (C=O) groups excluding carboxylic acids is 1. The molecule has 0 spiro atoms. The molecule has 5 heteroatoms. The zero-order chi connectivity index (χ0) is 19.8. The van der Waals surface area contributed by atoms with Crippen molar-refractivity contribution in [3.8, 4) is 11.4 Å². The first kappa shape index (κ1) is 19.1. The SMILES string of the molecule is CCC(=O)Oc1c(C(C)C)cc(C(C)(C)C)cc1-n1nc2ccccc2n1. The Labute approximate surface area is 160 Å². The second-order valence-corrected chi connectivity index (χ2v) is 8.12. The lowest BCUT2D eigenvalue weighted by molar-refractivity contribution is -0.134. The Hall–Kier alpha value is -2.69. The Bertz CT molecular complexity index is 948. The fourth-order valence-electron chi connectivity index (χ4n) is 2.91. The number of benzene rings is 2. The van der Waals surface area contributed by atoms with E-state index in [1.54, 1.807) is 11.7 Å². The van der Waals surface area contributed by atoms with E-state index in [2.05, 4.69) is 50.9 Å². The lowest BCUT2D eigenvalue weighted by Crippen LogP contribution is -2.17. The van der Waals surface area contributed by atoms with Crippen molar-refractivity contribution in [2.75, 3.05) is 0 Å². The smallest absolute Gasteiger partial charge is 0.310 e. The van der Waals surface area contributed by atoms with E-state index in [9.17, 15) is 4.79 Å². The summed E-state index contributed by atoms with van der Waals surface area (Å²) in [6.07, 6.45) is 0.312. The van der Waals surface area contributed by atoms with Gasteiger partial charge in [-0.15, -0.1) is 15.0 Å². The van der Waals surface area contributed by atoms with E-state index < -0.39 is 0 Å². The van der Waals surface area contributed by atoms with Gasteiger partial charge in [-0.2, -0.15) is 0 Å². The summed E-state index contributed by atoms with van der Waals surface area (Å²) in [7, 11) is 0. The van der Waals surface area contributed by atoms with Crippen LogP contribution in [0.5, 0.6) is 5.75 Å². The van der Waals surface area contributed by atoms with Crippen molar-refractivity contribution >= 4 is 17.0 Å². The molecule has 0 atom stereocenters. The molecule has 0 N–H and O–H groups in total. The van der Waals surface area contributed by atoms with E-state index >= 15 is 0 Å². The molecular weight excluding hydrogens is 338 g/mol. The Balaban J connectivity index is 2.30. The molecule has 0 amide bonds. The molecule has 5 nitrogen and oxygen atoms in total. The highest BCUT2D eigenvalue weighted by Crippen LogP contribution is 2.37. The third kappa shape index (κ3) is 3.87. The molecule has 2 aromatic carbocycles. The molecule has 0 bridgehead atoms. The van der Waals surface area contributed by atoms with Crippen LogP contribution in [0.15, 0.2) is 36.4 Å². The molecule has 0 radical (unpaired) electrons. The topological polar surface area (TPSA) is 57.0 Å². The molecule has 0 aliphatic heterocycles. The molecule has 27 heavy (non-hydrogen) atoms. The number of carbonyl (C=O) groups is 1. The molecule has 1 aromatic heterocycles. The first-order valence-electron chi connectivity index (χ1n) is 9.42. The van der Waals surface area contributed by atoms with Crippen LogP contribution in [0.4, 0.5) is 0 Å². The van der Waals surface area contributed by atoms with E-state index in [0.29, 0.717) is 17.9 Å². The fourth-order valence-corrected chi connectivity index (χ4v) is 2.91. The first-order valence-corrected chi connectivity index (χ1v) is 9.42. The molecule has 1 heterocycles. The highest BCUT2D eigenvalue weighted by atomic mass is 16.5. The largest absolute Gasteiger partial charge is 0.424 e. The van der Waals surface area contributed by atoms with Crippen LogP contribution in [0.2, 0.25) is 0 Å². The number of rotatable bonds is 4. The van der Waals surface area contributed by atoms with Gasteiger partial charge in [-0.1, -0.05) is 59.7 Å². The molecule has 0 saturated heterocycles. The van der Waals surface area contributed by atoms with Gasteiger partial charge in [-0.05, 0) is 35.1 Å². The summed E-state index contributed by atoms with van der Waals surface area (Å²) in [6.45, 7) is 12.5. The minimum absolute atomic E-state index is 0.0573. The van der Waals surface area contributed by atoms with Gasteiger partial charge in [0.15, 0.2) is 5.75 Å². The Morgan fingerprint density at radius 1 is 1.11 bits per heavy atom. The standard InChI is InChI=1S/C22H27N3O2/c1-7-20(26)27-21-16(14(2)3)12-15(22(4,5)6)13-19(21)25-23-17-10-8-9-11-18(17)24-25/h8-14H,7H2,1-6H3. The van der Waals surface area contributed by atoms with E-state index in [-0.39, 0.29) is 17.3 Å². The van der Waals surface area contributed by atoms with Gasteiger partial charge in [-0.25, -0.2) is 0 Å². The monoisotopic (exact) mass is 365 g/mol. The van der Waals surface area contributed by atoms with Crippen LogP contribution in [0.25, 0.3) is 16.7 Å². The molecule has 0 fully saturated rings. The van der Waals surface area contributed by atoms with Crippen molar-refractivity contribution in [3.05, 3.63) is 47.5 Å². The predicted molar refractivity (Wildman–Crippen MR) is 108 cm³/mol. The maximum atomic E-state index is 12.1. The van der Waals surface area contributed by atoms with Gasteiger partial charge in [0.2, 0.25) is 0 Å². The average Bonchev–Trinajstić information content (AvgIpc) is 3.04. The first-order chi connectivity index (χ1) is 12.7. The molecular formula is C22H27N3O2. The minimum atomic E-state index is -0.265. The lowest BCUT2D eigenvalue weighted by atomic mass is 9.84. The maximum absolute atomic E-state index is 12.1. The van der Waals surface area contributed by atoms with Gasteiger partial charge in [0.1, 0.15) is 16.7 Å². The van der Waals surface area contributed by atoms with Gasteiger partial charge in [0.05, 0.1) is 0 Å². The van der Waals surface area contributed by atoms with Gasteiger partial charge in [-0.3, -0.25) is 4.79 Å². The summed E-state index contributed by atoms with van der Waals surface area (Å²) in [5.41, 5.74) is 4.39. The zero-order valence-electron chi connectivity index (χ0n) is 16.9. The normalized spacial score (nSPS) is 12.0. The zero-order valence-corrected chi connectivity index (χ0v) is 16.9. The second-order valence-electron chi connectivity index (χ2n) is 8.12. The van der Waals surface area contributed by atoms with Crippen LogP contribution >= 0.6 is 0 Å². The van der Waals surface area contributed by atoms with Crippen molar-refractivity contribution in [1.29, 1.82) is 0 Å². The van der Waals surface area contributed by atoms with Crippen LogP contribution in [0.1, 0.15) is 65.0 Å². The molecule has 0 unspecified atom stereocenters. The van der Waals surface area contributed by atoms with Crippen molar-refractivity contribution < 1.29 is 9.53 Å². The summed E-state index contributed by atoms with van der Waals surface area (Å²) in [5, 5.41) is 9.23. The number of esters is 1. The van der Waals surface area contributed by atoms with Crippen molar-refractivity contribution in [1.82, 2.24) is 15.0 Å². The number of aromatic nitrogens is 3. The van der Waals surface area contributed by atoms with Crippen LogP contribution in [-0.4, -0.2) is 21.0 Å². The van der Waals surface area contributed by atoms with Gasteiger partial charge in [0.25, 0.3) is 0 Å². The summed E-state index contributed by atoms with van der Waals surface area (Å²) < 4.78 is 5.77. The number of nitrogens with zero attached hydrogens (tertiary/aromatic N) is 3. The van der Waals surface area contributed by atoms with Crippen LogP contribution in [-0.2, 0) is 10.2 Å². The fraction of sp³-hybridized carbons (Fsp3) is 0.409. The summed E-state index contributed by atoms with van der Waals surface area (Å²) >= 11 is 0. The number of hydrogen-bond donors (Lipinski definition) is 0. The third-order valence-corrected chi connectivity index (χ3v) is 4.59. The summed E-state index contributed by atoms with van der Waals surface area (Å²) in [4.78, 5) is 13.7. The minimum Gasteiger partial charge on any atom is -0.424 e. The van der Waals surface area contributed by atoms with E-state index in [1.807, 2.05) is 30.3 Å². The summed E-state index contributed by atoms with van der Waals surface area (Å²) in [6, 6.07) is 11.9. The Kier molecular flexibility index (Phi) is 5.05. The molecule has 0 aliphatic carbocycles. The van der Waals surface area contributed by atoms with Crippen LogP contribution < -0.4 is 4.74 Å². The lowest BCUT2D eigenvalue weighted by Gasteiger charge is -2.24. The van der Waals surface area contributed by atoms with Gasteiger partial charge >= 0.3 is 5.97 Å².